The number of nitrogens with zero attached hydrogens (tertiary/aromatic N) is 4. The molecule has 9 heteroatoms. The molecule has 0 saturated heterocycles. The van der Waals surface area contributed by atoms with E-state index in [-0.39, 0.29) is 11.9 Å². The van der Waals surface area contributed by atoms with E-state index in [1.165, 1.54) is 6.08 Å². The molecule has 0 spiro atoms. The van der Waals surface area contributed by atoms with Gasteiger partial charge >= 0.3 is 0 Å². The highest BCUT2D eigenvalue weighted by Crippen LogP contribution is 2.26. The summed E-state index contributed by atoms with van der Waals surface area (Å²) in [5.41, 5.74) is 2.57. The summed E-state index contributed by atoms with van der Waals surface area (Å²) in [6.45, 7) is 3.51. The molecule has 9 nitrogen and oxygen atoms in total. The molecular weight excluding hydrogens is 356 g/mol. The average molecular weight is 380 g/mol. The van der Waals surface area contributed by atoms with Crippen molar-refractivity contribution in [3.8, 4) is 0 Å². The van der Waals surface area contributed by atoms with Crippen LogP contribution in [0.15, 0.2) is 37.3 Å². The highest BCUT2D eigenvalue weighted by atomic mass is 16.1. The van der Waals surface area contributed by atoms with Crippen LogP contribution in [-0.4, -0.2) is 42.7 Å². The number of rotatable bonds is 6. The van der Waals surface area contributed by atoms with Crippen LogP contribution < -0.4 is 16.0 Å². The number of anilines is 3. The van der Waals surface area contributed by atoms with Gasteiger partial charge in [0, 0.05) is 31.5 Å². The Bertz CT molecular complexity index is 983. The normalized spacial score (nSPS) is 19.3. The van der Waals surface area contributed by atoms with Gasteiger partial charge in [-0.2, -0.15) is 10.1 Å². The van der Waals surface area contributed by atoms with Gasteiger partial charge in [-0.1, -0.05) is 6.58 Å². The first kappa shape index (κ1) is 18.0. The molecule has 0 unspecified atom stereocenters. The van der Waals surface area contributed by atoms with E-state index in [4.69, 9.17) is 0 Å². The van der Waals surface area contributed by atoms with Crippen molar-refractivity contribution < 1.29 is 4.79 Å². The number of hydrogen-bond acceptors (Lipinski definition) is 6. The van der Waals surface area contributed by atoms with Gasteiger partial charge < -0.3 is 20.9 Å². The number of hydrogen-bond donors (Lipinski definition) is 4. The van der Waals surface area contributed by atoms with Gasteiger partial charge in [0.15, 0.2) is 5.82 Å². The van der Waals surface area contributed by atoms with E-state index in [1.807, 2.05) is 25.5 Å². The van der Waals surface area contributed by atoms with Gasteiger partial charge in [-0.15, -0.1) is 0 Å². The molecule has 3 heterocycles. The van der Waals surface area contributed by atoms with Crippen LogP contribution in [0.3, 0.4) is 0 Å². The van der Waals surface area contributed by atoms with Gasteiger partial charge in [-0.05, 0) is 37.8 Å². The Morgan fingerprint density at radius 3 is 2.79 bits per heavy atom. The molecule has 1 aliphatic carbocycles. The van der Waals surface area contributed by atoms with Crippen molar-refractivity contribution in [1.82, 2.24) is 30.0 Å². The molecule has 3 aromatic heterocycles. The van der Waals surface area contributed by atoms with Gasteiger partial charge in [0.1, 0.15) is 5.52 Å². The lowest BCUT2D eigenvalue weighted by molar-refractivity contribution is -0.117. The maximum atomic E-state index is 11.5. The van der Waals surface area contributed by atoms with Crippen LogP contribution in [0.2, 0.25) is 0 Å². The lowest BCUT2D eigenvalue weighted by atomic mass is 9.91. The Hall–Kier alpha value is -3.36. The molecule has 0 atom stereocenters. The number of fused-ring (bicyclic) bond motifs is 1. The minimum atomic E-state index is -0.105. The third-order valence-corrected chi connectivity index (χ3v) is 4.97. The number of aromatic nitrogens is 5. The number of H-pyrrole nitrogens is 1. The van der Waals surface area contributed by atoms with Crippen LogP contribution in [0, 0.1) is 0 Å². The molecule has 0 aromatic carbocycles. The fraction of sp³-hybridized carbons (Fsp3) is 0.368. The zero-order chi connectivity index (χ0) is 19.5. The second-order valence-corrected chi connectivity index (χ2v) is 7.07. The fourth-order valence-electron chi connectivity index (χ4n) is 3.56. The number of carbonyl (C=O) groups excluding carboxylic acids is 1. The van der Waals surface area contributed by atoms with Crippen molar-refractivity contribution in [2.24, 2.45) is 7.05 Å². The first-order chi connectivity index (χ1) is 13.6. The van der Waals surface area contributed by atoms with Crippen LogP contribution in [0.4, 0.5) is 17.5 Å². The minimum Gasteiger partial charge on any atom is -0.365 e. The minimum absolute atomic E-state index is 0.105. The Labute approximate surface area is 162 Å². The van der Waals surface area contributed by atoms with Crippen LogP contribution >= 0.6 is 0 Å². The van der Waals surface area contributed by atoms with Crippen molar-refractivity contribution >= 4 is 34.4 Å². The Kier molecular flexibility index (Phi) is 4.96. The Morgan fingerprint density at radius 1 is 1.29 bits per heavy atom. The van der Waals surface area contributed by atoms with Crippen molar-refractivity contribution in [1.29, 1.82) is 0 Å². The third-order valence-electron chi connectivity index (χ3n) is 4.97. The number of carbonyl (C=O) groups is 1. The molecule has 4 rings (SSSR count). The molecule has 28 heavy (non-hydrogen) atoms. The van der Waals surface area contributed by atoms with Crippen LogP contribution in [0.1, 0.15) is 25.7 Å². The molecule has 1 aliphatic rings. The molecule has 1 amide bonds. The molecule has 0 bridgehead atoms. The lowest BCUT2D eigenvalue weighted by Gasteiger charge is -2.29. The summed E-state index contributed by atoms with van der Waals surface area (Å²) in [4.78, 5) is 23.9. The van der Waals surface area contributed by atoms with Gasteiger partial charge in [0.2, 0.25) is 11.9 Å². The summed E-state index contributed by atoms with van der Waals surface area (Å²) in [5.74, 6) is 1.20. The molecule has 3 aromatic rings. The quantitative estimate of drug-likeness (QED) is 0.489. The predicted molar refractivity (Wildman–Crippen MR) is 108 cm³/mol. The maximum absolute atomic E-state index is 11.5. The van der Waals surface area contributed by atoms with Crippen molar-refractivity contribution in [3.63, 3.8) is 0 Å². The Morgan fingerprint density at radius 2 is 2.07 bits per heavy atom. The van der Waals surface area contributed by atoms with E-state index in [0.29, 0.717) is 12.0 Å². The van der Waals surface area contributed by atoms with Crippen molar-refractivity contribution in [2.45, 2.75) is 37.8 Å². The summed E-state index contributed by atoms with van der Waals surface area (Å²) >= 11 is 0. The van der Waals surface area contributed by atoms with Gasteiger partial charge in [-0.25, -0.2) is 4.98 Å². The number of aromatic amines is 1. The molecule has 0 radical (unpaired) electrons. The van der Waals surface area contributed by atoms with Crippen molar-refractivity contribution in [3.05, 3.63) is 37.3 Å². The molecule has 0 aliphatic heterocycles. The molecule has 146 valence electrons. The highest BCUT2D eigenvalue weighted by Gasteiger charge is 2.23. The summed E-state index contributed by atoms with van der Waals surface area (Å²) < 4.78 is 1.72. The van der Waals surface area contributed by atoms with Crippen LogP contribution in [0.5, 0.6) is 0 Å². The van der Waals surface area contributed by atoms with E-state index in [1.54, 1.807) is 10.9 Å². The second kappa shape index (κ2) is 7.71. The van der Waals surface area contributed by atoms with Crippen LogP contribution in [0.25, 0.3) is 11.0 Å². The molecule has 4 N–H and O–H groups in total. The monoisotopic (exact) mass is 380 g/mol. The van der Waals surface area contributed by atoms with E-state index in [0.717, 1.165) is 48.2 Å². The van der Waals surface area contributed by atoms with Gasteiger partial charge in [0.25, 0.3) is 0 Å². The standard InChI is InChI=1S/C19H24N8O/c1-3-16(28)22-12-4-6-13(7-5-12)23-18-17-15(8-9-20-17)25-19(26-18)24-14-10-21-27(2)11-14/h3,8-13,20H,1,4-7H2,2H3,(H,22,28)(H2,23,24,25,26). The first-order valence-corrected chi connectivity index (χ1v) is 9.41. The number of nitrogens with one attached hydrogen (secondary N) is 4. The zero-order valence-electron chi connectivity index (χ0n) is 15.8. The van der Waals surface area contributed by atoms with Crippen molar-refractivity contribution in [2.75, 3.05) is 10.6 Å². The topological polar surface area (TPSA) is 113 Å². The number of aryl methyl sites for hydroxylation is 1. The average Bonchev–Trinajstić information content (AvgIpc) is 3.32. The summed E-state index contributed by atoms with van der Waals surface area (Å²) in [6.07, 6.45) is 10.6. The fourth-order valence-corrected chi connectivity index (χ4v) is 3.56. The second-order valence-electron chi connectivity index (χ2n) is 7.07. The zero-order valence-corrected chi connectivity index (χ0v) is 15.8. The smallest absolute Gasteiger partial charge is 0.243 e. The van der Waals surface area contributed by atoms with E-state index < -0.39 is 0 Å². The largest absolute Gasteiger partial charge is 0.365 e. The molecule has 1 saturated carbocycles. The molecule has 1 fully saturated rings. The number of amides is 1. The van der Waals surface area contributed by atoms with E-state index in [9.17, 15) is 4.79 Å². The van der Waals surface area contributed by atoms with E-state index in [2.05, 4.69) is 42.6 Å². The van der Waals surface area contributed by atoms with Gasteiger partial charge in [-0.3, -0.25) is 9.48 Å². The predicted octanol–water partition coefficient (Wildman–Crippen LogP) is 2.46. The SMILES string of the molecule is C=CC(=O)NC1CCC(Nc2nc(Nc3cnn(C)c3)nc3cc[nH]c23)CC1. The first-order valence-electron chi connectivity index (χ1n) is 9.41. The summed E-state index contributed by atoms with van der Waals surface area (Å²) in [7, 11) is 1.86. The maximum Gasteiger partial charge on any atom is 0.243 e. The summed E-state index contributed by atoms with van der Waals surface area (Å²) in [5, 5.41) is 13.9. The van der Waals surface area contributed by atoms with Crippen LogP contribution in [-0.2, 0) is 11.8 Å². The lowest BCUT2D eigenvalue weighted by Crippen LogP contribution is -2.39. The third kappa shape index (κ3) is 3.98. The van der Waals surface area contributed by atoms with E-state index >= 15 is 0 Å². The summed E-state index contributed by atoms with van der Waals surface area (Å²) in [6, 6.07) is 2.44. The highest BCUT2D eigenvalue weighted by molar-refractivity contribution is 5.87. The Balaban J connectivity index is 1.47. The molecular formula is C19H24N8O. The van der Waals surface area contributed by atoms with Gasteiger partial charge in [0.05, 0.1) is 17.4 Å².